The SMILES string of the molecule is CC(=O)c1cc(C)c2cc(C(F)(F)F)ccc2n1. The molecule has 1 heterocycles. The van der Waals surface area contributed by atoms with E-state index in [1.54, 1.807) is 6.92 Å². The number of aromatic nitrogens is 1. The lowest BCUT2D eigenvalue weighted by atomic mass is 10.0. The number of pyridine rings is 1. The molecular formula is C13H10F3NO. The molecule has 0 aliphatic heterocycles. The standard InChI is InChI=1S/C13H10F3NO/c1-7-5-12(8(2)18)17-11-4-3-9(6-10(7)11)13(14,15)16/h3-6H,1-2H3. The number of Topliss-reactive ketones (excluding diaryl/α,β-unsaturated/α-hetero) is 1. The van der Waals surface area contributed by atoms with E-state index in [9.17, 15) is 18.0 Å². The van der Waals surface area contributed by atoms with Crippen LogP contribution in [0.4, 0.5) is 13.2 Å². The molecule has 0 amide bonds. The van der Waals surface area contributed by atoms with Gasteiger partial charge in [0.2, 0.25) is 0 Å². The minimum absolute atomic E-state index is 0.208. The van der Waals surface area contributed by atoms with Crippen LogP contribution in [0, 0.1) is 6.92 Å². The molecule has 0 atom stereocenters. The molecule has 0 radical (unpaired) electrons. The van der Waals surface area contributed by atoms with E-state index in [0.29, 0.717) is 16.5 Å². The second kappa shape index (κ2) is 4.08. The number of carbonyl (C=O) groups excluding carboxylic acids is 1. The van der Waals surface area contributed by atoms with Crippen molar-refractivity contribution in [1.29, 1.82) is 0 Å². The lowest BCUT2D eigenvalue weighted by molar-refractivity contribution is -0.137. The van der Waals surface area contributed by atoms with Gasteiger partial charge in [-0.3, -0.25) is 4.79 Å². The number of benzene rings is 1. The van der Waals surface area contributed by atoms with Crippen molar-refractivity contribution in [2.45, 2.75) is 20.0 Å². The fraction of sp³-hybridized carbons (Fsp3) is 0.231. The van der Waals surface area contributed by atoms with Gasteiger partial charge >= 0.3 is 6.18 Å². The van der Waals surface area contributed by atoms with E-state index in [-0.39, 0.29) is 11.5 Å². The second-order valence-electron chi connectivity index (χ2n) is 4.11. The van der Waals surface area contributed by atoms with Gasteiger partial charge in [-0.15, -0.1) is 0 Å². The summed E-state index contributed by atoms with van der Waals surface area (Å²) in [6, 6.07) is 4.82. The van der Waals surface area contributed by atoms with Gasteiger partial charge in [0.1, 0.15) is 5.69 Å². The molecule has 1 aromatic heterocycles. The highest BCUT2D eigenvalue weighted by molar-refractivity contribution is 5.95. The van der Waals surface area contributed by atoms with Gasteiger partial charge in [-0.05, 0) is 36.8 Å². The van der Waals surface area contributed by atoms with Crippen molar-refractivity contribution >= 4 is 16.7 Å². The first-order valence-corrected chi connectivity index (χ1v) is 5.28. The number of nitrogens with zero attached hydrogens (tertiary/aromatic N) is 1. The number of carbonyl (C=O) groups is 1. The highest BCUT2D eigenvalue weighted by Crippen LogP contribution is 2.32. The van der Waals surface area contributed by atoms with Gasteiger partial charge in [0, 0.05) is 12.3 Å². The van der Waals surface area contributed by atoms with Crippen molar-refractivity contribution in [2.24, 2.45) is 0 Å². The summed E-state index contributed by atoms with van der Waals surface area (Å²) in [6.45, 7) is 3.04. The monoisotopic (exact) mass is 253 g/mol. The van der Waals surface area contributed by atoms with Crippen LogP contribution in [0.1, 0.15) is 28.5 Å². The summed E-state index contributed by atoms with van der Waals surface area (Å²) in [5.41, 5.74) is 0.555. The average molecular weight is 253 g/mol. The first-order valence-electron chi connectivity index (χ1n) is 5.28. The van der Waals surface area contributed by atoms with E-state index < -0.39 is 11.7 Å². The fourth-order valence-electron chi connectivity index (χ4n) is 1.75. The molecule has 2 nitrogen and oxygen atoms in total. The summed E-state index contributed by atoms with van der Waals surface area (Å²) < 4.78 is 37.7. The van der Waals surface area contributed by atoms with E-state index in [4.69, 9.17) is 0 Å². The smallest absolute Gasteiger partial charge is 0.293 e. The van der Waals surface area contributed by atoms with E-state index >= 15 is 0 Å². The van der Waals surface area contributed by atoms with E-state index in [1.165, 1.54) is 19.1 Å². The Morgan fingerprint density at radius 3 is 2.44 bits per heavy atom. The Bertz CT molecular complexity index is 632. The van der Waals surface area contributed by atoms with Gasteiger partial charge in [0.25, 0.3) is 0 Å². The number of ketones is 1. The van der Waals surface area contributed by atoms with E-state index in [2.05, 4.69) is 4.98 Å². The zero-order valence-corrected chi connectivity index (χ0v) is 9.80. The van der Waals surface area contributed by atoms with Crippen molar-refractivity contribution in [1.82, 2.24) is 4.98 Å². The highest BCUT2D eigenvalue weighted by atomic mass is 19.4. The number of alkyl halides is 3. The molecule has 0 unspecified atom stereocenters. The van der Waals surface area contributed by atoms with E-state index in [0.717, 1.165) is 12.1 Å². The van der Waals surface area contributed by atoms with Crippen molar-refractivity contribution in [3.63, 3.8) is 0 Å². The predicted octanol–water partition coefficient (Wildman–Crippen LogP) is 3.76. The molecule has 18 heavy (non-hydrogen) atoms. The molecule has 2 rings (SSSR count). The highest BCUT2D eigenvalue weighted by Gasteiger charge is 2.30. The van der Waals surface area contributed by atoms with Gasteiger partial charge in [0.05, 0.1) is 11.1 Å². The molecular weight excluding hydrogens is 243 g/mol. The Kier molecular flexibility index (Phi) is 2.84. The maximum Gasteiger partial charge on any atom is 0.416 e. The minimum Gasteiger partial charge on any atom is -0.293 e. The summed E-state index contributed by atoms with van der Waals surface area (Å²) >= 11 is 0. The van der Waals surface area contributed by atoms with Gasteiger partial charge in [0.15, 0.2) is 5.78 Å². The summed E-state index contributed by atoms with van der Waals surface area (Å²) in [5, 5.41) is 0.412. The Balaban J connectivity index is 2.69. The van der Waals surface area contributed by atoms with Gasteiger partial charge in [-0.1, -0.05) is 0 Å². The molecule has 0 aliphatic carbocycles. The minimum atomic E-state index is -4.38. The summed E-state index contributed by atoms with van der Waals surface area (Å²) in [5.74, 6) is -0.208. The largest absolute Gasteiger partial charge is 0.416 e. The van der Waals surface area contributed by atoms with Crippen LogP contribution >= 0.6 is 0 Å². The third-order valence-corrected chi connectivity index (χ3v) is 2.70. The molecule has 1 aromatic carbocycles. The molecule has 0 saturated heterocycles. The number of halogens is 3. The summed E-state index contributed by atoms with van der Waals surface area (Å²) in [4.78, 5) is 15.3. The number of aryl methyl sites for hydroxylation is 1. The van der Waals surface area contributed by atoms with Crippen LogP contribution in [-0.4, -0.2) is 10.8 Å². The van der Waals surface area contributed by atoms with Crippen LogP contribution in [0.3, 0.4) is 0 Å². The van der Waals surface area contributed by atoms with E-state index in [1.807, 2.05) is 0 Å². The van der Waals surface area contributed by atoms with Crippen molar-refractivity contribution in [3.05, 3.63) is 41.1 Å². The topological polar surface area (TPSA) is 30.0 Å². The molecule has 2 aromatic rings. The third kappa shape index (κ3) is 2.20. The first-order chi connectivity index (χ1) is 8.29. The lowest BCUT2D eigenvalue weighted by Gasteiger charge is -2.09. The van der Waals surface area contributed by atoms with Crippen molar-refractivity contribution < 1.29 is 18.0 Å². The molecule has 0 aliphatic rings. The maximum absolute atomic E-state index is 12.6. The normalized spacial score (nSPS) is 11.8. The lowest BCUT2D eigenvalue weighted by Crippen LogP contribution is -2.05. The molecule has 0 saturated carbocycles. The maximum atomic E-state index is 12.6. The van der Waals surface area contributed by atoms with Crippen LogP contribution in [0.5, 0.6) is 0 Å². The Morgan fingerprint density at radius 2 is 1.89 bits per heavy atom. The van der Waals surface area contributed by atoms with Crippen molar-refractivity contribution in [2.75, 3.05) is 0 Å². The van der Waals surface area contributed by atoms with Crippen LogP contribution in [0.25, 0.3) is 10.9 Å². The van der Waals surface area contributed by atoms with Crippen LogP contribution in [0.2, 0.25) is 0 Å². The zero-order valence-electron chi connectivity index (χ0n) is 9.80. The summed E-state index contributed by atoms with van der Waals surface area (Å²) in [6.07, 6.45) is -4.38. The zero-order chi connectivity index (χ0) is 13.5. The van der Waals surface area contributed by atoms with Gasteiger partial charge in [-0.2, -0.15) is 13.2 Å². The quantitative estimate of drug-likeness (QED) is 0.724. The Hall–Kier alpha value is -1.91. The average Bonchev–Trinajstić information content (AvgIpc) is 2.27. The molecule has 5 heteroatoms. The fourth-order valence-corrected chi connectivity index (χ4v) is 1.75. The van der Waals surface area contributed by atoms with Crippen molar-refractivity contribution in [3.8, 4) is 0 Å². The van der Waals surface area contributed by atoms with Crippen LogP contribution in [0.15, 0.2) is 24.3 Å². The molecule has 0 fully saturated rings. The number of fused-ring (bicyclic) bond motifs is 1. The molecule has 0 N–H and O–H groups in total. The summed E-state index contributed by atoms with van der Waals surface area (Å²) in [7, 11) is 0. The molecule has 94 valence electrons. The number of hydrogen-bond donors (Lipinski definition) is 0. The first kappa shape index (κ1) is 12.5. The predicted molar refractivity (Wildman–Crippen MR) is 61.5 cm³/mol. The Morgan fingerprint density at radius 1 is 1.22 bits per heavy atom. The second-order valence-corrected chi connectivity index (χ2v) is 4.11. The van der Waals surface area contributed by atoms with Crippen LogP contribution < -0.4 is 0 Å². The number of rotatable bonds is 1. The third-order valence-electron chi connectivity index (χ3n) is 2.70. The molecule has 0 bridgehead atoms. The van der Waals surface area contributed by atoms with Gasteiger partial charge in [-0.25, -0.2) is 4.98 Å². The number of hydrogen-bond acceptors (Lipinski definition) is 2. The van der Waals surface area contributed by atoms with Crippen LogP contribution in [-0.2, 0) is 6.18 Å². The molecule has 0 spiro atoms. The Labute approximate surface area is 101 Å². The van der Waals surface area contributed by atoms with Gasteiger partial charge < -0.3 is 0 Å².